The predicted octanol–water partition coefficient (Wildman–Crippen LogP) is 5.36. The number of pyridine rings is 1. The molecule has 5 aromatic heterocycles. The number of aromatic amines is 3. The molecule has 0 aliphatic heterocycles. The molecule has 5 heterocycles. The van der Waals surface area contributed by atoms with Crippen LogP contribution < -0.4 is 0 Å². The molecule has 0 unspecified atom stereocenters. The maximum Gasteiger partial charge on any atom is 0.176 e. The van der Waals surface area contributed by atoms with Crippen molar-refractivity contribution in [1.29, 1.82) is 0 Å². The summed E-state index contributed by atoms with van der Waals surface area (Å²) in [6.45, 7) is 0. The van der Waals surface area contributed by atoms with Crippen molar-refractivity contribution in [2.75, 3.05) is 0 Å². The highest BCUT2D eigenvalue weighted by Gasteiger charge is 2.15. The average molecular weight is 400 g/mol. The van der Waals surface area contributed by atoms with Crippen molar-refractivity contribution < 1.29 is 4.39 Å². The zero-order chi connectivity index (χ0) is 19.4. The van der Waals surface area contributed by atoms with Gasteiger partial charge in [0.2, 0.25) is 0 Å². The highest BCUT2D eigenvalue weighted by Crippen LogP contribution is 2.36. The van der Waals surface area contributed by atoms with E-state index in [1.165, 1.54) is 6.07 Å². The summed E-state index contributed by atoms with van der Waals surface area (Å²) < 4.78 is 13.6. The Labute approximate surface area is 167 Å². The molecule has 0 saturated heterocycles. The van der Waals surface area contributed by atoms with E-state index in [0.29, 0.717) is 0 Å². The van der Waals surface area contributed by atoms with Gasteiger partial charge in [0.25, 0.3) is 0 Å². The van der Waals surface area contributed by atoms with Crippen molar-refractivity contribution in [3.63, 3.8) is 0 Å². The van der Waals surface area contributed by atoms with Crippen LogP contribution in [0.1, 0.15) is 0 Å². The minimum atomic E-state index is -0.190. The number of thiophene rings is 1. The maximum absolute atomic E-state index is 13.6. The molecule has 0 radical (unpaired) electrons. The van der Waals surface area contributed by atoms with E-state index in [0.717, 1.165) is 66.2 Å². The van der Waals surface area contributed by atoms with Gasteiger partial charge in [0.05, 0.1) is 29.3 Å². The maximum atomic E-state index is 13.6. The molecule has 0 aliphatic carbocycles. The van der Waals surface area contributed by atoms with Crippen LogP contribution in [0.2, 0.25) is 0 Å². The third kappa shape index (κ3) is 2.57. The average Bonchev–Trinajstić information content (AvgIpc) is 3.51. The number of rotatable bonds is 3. The van der Waals surface area contributed by atoms with E-state index < -0.39 is 0 Å². The molecule has 0 bridgehead atoms. The van der Waals surface area contributed by atoms with E-state index in [4.69, 9.17) is 0 Å². The molecule has 3 N–H and O–H groups in total. The molecule has 140 valence electrons. The number of aromatic nitrogens is 6. The van der Waals surface area contributed by atoms with E-state index in [1.807, 2.05) is 36.5 Å². The van der Waals surface area contributed by atoms with Crippen molar-refractivity contribution in [3.8, 4) is 33.1 Å². The lowest BCUT2D eigenvalue weighted by Gasteiger charge is -1.98. The van der Waals surface area contributed by atoms with Crippen molar-refractivity contribution in [1.82, 2.24) is 30.4 Å². The van der Waals surface area contributed by atoms with Gasteiger partial charge in [-0.3, -0.25) is 15.2 Å². The molecule has 0 amide bonds. The van der Waals surface area contributed by atoms with Gasteiger partial charge in [-0.2, -0.15) is 14.6 Å². The molecule has 6 rings (SSSR count). The van der Waals surface area contributed by atoms with Gasteiger partial charge in [-0.25, -0.2) is 0 Å². The van der Waals surface area contributed by atoms with E-state index in [2.05, 4.69) is 36.4 Å². The Kier molecular flexibility index (Phi) is 3.41. The van der Waals surface area contributed by atoms with Gasteiger partial charge < -0.3 is 4.98 Å². The fourth-order valence-electron chi connectivity index (χ4n) is 3.63. The van der Waals surface area contributed by atoms with Crippen LogP contribution in [-0.2, 0) is 0 Å². The lowest BCUT2D eigenvalue weighted by atomic mass is 10.1. The molecule has 0 saturated carbocycles. The van der Waals surface area contributed by atoms with Crippen LogP contribution in [0.3, 0.4) is 0 Å². The molecule has 0 fully saturated rings. The lowest BCUT2D eigenvalue weighted by molar-refractivity contribution is 0.657. The largest absolute Gasteiger partial charge is 0.353 e. The van der Waals surface area contributed by atoms with Gasteiger partial charge in [0.1, 0.15) is 5.69 Å². The van der Waals surface area contributed by atoms with E-state index >= 15 is 0 Å². The summed E-state index contributed by atoms with van der Waals surface area (Å²) in [6.07, 6.45) is 5.32. The molecule has 6 aromatic rings. The number of H-pyrrole nitrogens is 3. The van der Waals surface area contributed by atoms with Crippen molar-refractivity contribution in [2.24, 2.45) is 0 Å². The van der Waals surface area contributed by atoms with Crippen LogP contribution in [0.25, 0.3) is 54.9 Å². The standard InChI is InChI=1S/C21H13FN6S/c22-20-5-4-19(29-20)12-2-1-3-15-13(12)6-17(26-15)21-14-7-16(11-8-24-25-9-11)23-10-18(14)27-28-21/h1-10,26H,(H,24,25)(H,27,28). The molecule has 0 aliphatic rings. The number of fused-ring (bicyclic) bond motifs is 2. The summed E-state index contributed by atoms with van der Waals surface area (Å²) in [6, 6.07) is 13.4. The molecule has 0 spiro atoms. The van der Waals surface area contributed by atoms with E-state index in [9.17, 15) is 4.39 Å². The van der Waals surface area contributed by atoms with E-state index in [-0.39, 0.29) is 5.13 Å². The number of halogens is 1. The van der Waals surface area contributed by atoms with Gasteiger partial charge in [0, 0.05) is 38.5 Å². The number of benzene rings is 1. The van der Waals surface area contributed by atoms with Crippen LogP contribution in [0.15, 0.2) is 61.1 Å². The second-order valence-electron chi connectivity index (χ2n) is 6.73. The fourth-order valence-corrected chi connectivity index (χ4v) is 4.40. The first kappa shape index (κ1) is 16.2. The van der Waals surface area contributed by atoms with Crippen molar-refractivity contribution in [2.45, 2.75) is 0 Å². The molecular weight excluding hydrogens is 387 g/mol. The summed E-state index contributed by atoms with van der Waals surface area (Å²) >= 11 is 1.15. The monoisotopic (exact) mass is 400 g/mol. The summed E-state index contributed by atoms with van der Waals surface area (Å²) in [5.41, 5.74) is 6.27. The Morgan fingerprint density at radius 3 is 2.76 bits per heavy atom. The Bertz CT molecular complexity index is 1470. The second kappa shape index (κ2) is 6.11. The first-order valence-corrected chi connectivity index (χ1v) is 9.79. The number of hydrogen-bond donors (Lipinski definition) is 3. The van der Waals surface area contributed by atoms with E-state index in [1.54, 1.807) is 12.4 Å². The molecule has 8 heteroatoms. The van der Waals surface area contributed by atoms with Gasteiger partial charge in [-0.05, 0) is 30.3 Å². The summed E-state index contributed by atoms with van der Waals surface area (Å²) in [4.78, 5) is 8.83. The van der Waals surface area contributed by atoms with Crippen LogP contribution >= 0.6 is 11.3 Å². The topological polar surface area (TPSA) is 86.0 Å². The zero-order valence-corrected chi connectivity index (χ0v) is 15.7. The quantitative estimate of drug-likeness (QED) is 0.374. The summed E-state index contributed by atoms with van der Waals surface area (Å²) in [5, 5.41) is 16.2. The molecular formula is C21H13FN6S. The fraction of sp³-hybridized carbons (Fsp3) is 0. The molecule has 29 heavy (non-hydrogen) atoms. The third-order valence-corrected chi connectivity index (χ3v) is 5.91. The van der Waals surface area contributed by atoms with Crippen LogP contribution in [0.4, 0.5) is 4.39 Å². The highest BCUT2D eigenvalue weighted by molar-refractivity contribution is 7.14. The van der Waals surface area contributed by atoms with Crippen LogP contribution in [0, 0.1) is 5.13 Å². The van der Waals surface area contributed by atoms with Crippen LogP contribution in [-0.4, -0.2) is 30.4 Å². The number of nitrogens with zero attached hydrogens (tertiary/aromatic N) is 3. The first-order chi connectivity index (χ1) is 14.3. The molecule has 0 atom stereocenters. The Morgan fingerprint density at radius 1 is 0.966 bits per heavy atom. The Balaban J connectivity index is 1.53. The molecule has 1 aromatic carbocycles. The highest BCUT2D eigenvalue weighted by atomic mass is 32.1. The lowest BCUT2D eigenvalue weighted by Crippen LogP contribution is -1.82. The SMILES string of the molecule is Fc1ccc(-c2cccc3[nH]c(-c4n[nH]c5cnc(-c6cn[nH]c6)cc45)cc23)s1. The van der Waals surface area contributed by atoms with Crippen LogP contribution in [0.5, 0.6) is 0 Å². The van der Waals surface area contributed by atoms with Gasteiger partial charge in [-0.1, -0.05) is 12.1 Å². The predicted molar refractivity (Wildman–Crippen MR) is 112 cm³/mol. The zero-order valence-electron chi connectivity index (χ0n) is 14.9. The normalized spacial score (nSPS) is 11.6. The number of nitrogens with one attached hydrogen (secondary N) is 3. The van der Waals surface area contributed by atoms with Gasteiger partial charge in [-0.15, -0.1) is 11.3 Å². The summed E-state index contributed by atoms with van der Waals surface area (Å²) in [5.74, 6) is 0. The van der Waals surface area contributed by atoms with Crippen molar-refractivity contribution in [3.05, 3.63) is 66.2 Å². The van der Waals surface area contributed by atoms with Crippen molar-refractivity contribution >= 4 is 33.1 Å². The van der Waals surface area contributed by atoms with Gasteiger partial charge >= 0.3 is 0 Å². The Morgan fingerprint density at radius 2 is 1.93 bits per heavy atom. The smallest absolute Gasteiger partial charge is 0.176 e. The third-order valence-electron chi connectivity index (χ3n) is 5.00. The second-order valence-corrected chi connectivity index (χ2v) is 7.76. The minimum absolute atomic E-state index is 0.190. The first-order valence-electron chi connectivity index (χ1n) is 8.97. The minimum Gasteiger partial charge on any atom is -0.353 e. The Hall–Kier alpha value is -3.78. The number of hydrogen-bond acceptors (Lipinski definition) is 4. The summed E-state index contributed by atoms with van der Waals surface area (Å²) in [7, 11) is 0. The molecule has 6 nitrogen and oxygen atoms in total. The van der Waals surface area contributed by atoms with Gasteiger partial charge in [0.15, 0.2) is 5.13 Å².